The third-order valence-electron chi connectivity index (χ3n) is 10.1. The molecule has 0 saturated heterocycles. The fourth-order valence-corrected chi connectivity index (χ4v) is 7.54. The van der Waals surface area contributed by atoms with E-state index in [1.807, 2.05) is 0 Å². The number of benzene rings is 9. The fraction of sp³-hybridized carbons (Fsp3) is 0. The van der Waals surface area contributed by atoms with Gasteiger partial charge < -0.3 is 4.90 Å². The zero-order chi connectivity index (χ0) is 35.4. The average Bonchev–Trinajstić information content (AvgIpc) is 3.25. The number of nitrogens with zero attached hydrogens (tertiary/aromatic N) is 1. The second-order valence-corrected chi connectivity index (χ2v) is 13.3. The lowest BCUT2D eigenvalue weighted by Gasteiger charge is -2.30. The summed E-state index contributed by atoms with van der Waals surface area (Å²) in [6.07, 6.45) is 0. The Kier molecular flexibility index (Phi) is 8.66. The molecule has 0 fully saturated rings. The van der Waals surface area contributed by atoms with Crippen molar-refractivity contribution in [2.24, 2.45) is 0 Å². The molecule has 0 unspecified atom stereocenters. The van der Waals surface area contributed by atoms with E-state index >= 15 is 0 Å². The van der Waals surface area contributed by atoms with Gasteiger partial charge in [-0.3, -0.25) is 0 Å². The minimum atomic E-state index is 1.10. The Labute approximate surface area is 311 Å². The molecule has 0 atom stereocenters. The topological polar surface area (TPSA) is 3.24 Å². The highest BCUT2D eigenvalue weighted by Gasteiger charge is 2.22. The largest absolute Gasteiger partial charge is 0.309 e. The minimum Gasteiger partial charge on any atom is -0.309 e. The van der Waals surface area contributed by atoms with Gasteiger partial charge in [0.15, 0.2) is 0 Å². The highest BCUT2D eigenvalue weighted by Crippen LogP contribution is 2.47. The highest BCUT2D eigenvalue weighted by molar-refractivity contribution is 6.03. The number of hydrogen-bond acceptors (Lipinski definition) is 1. The molecule has 0 saturated carbocycles. The molecular formula is C52H37N. The lowest BCUT2D eigenvalue weighted by atomic mass is 9.87. The van der Waals surface area contributed by atoms with E-state index in [0.29, 0.717) is 0 Å². The number of para-hydroxylation sites is 1. The van der Waals surface area contributed by atoms with E-state index in [1.54, 1.807) is 0 Å². The Morgan fingerprint density at radius 1 is 0.245 bits per heavy atom. The smallest absolute Gasteiger partial charge is 0.0540 e. The third-order valence-corrected chi connectivity index (χ3v) is 10.1. The second-order valence-electron chi connectivity index (χ2n) is 13.3. The van der Waals surface area contributed by atoms with Crippen LogP contribution in [0.5, 0.6) is 0 Å². The van der Waals surface area contributed by atoms with Gasteiger partial charge in [0.2, 0.25) is 0 Å². The zero-order valence-corrected chi connectivity index (χ0v) is 29.3. The van der Waals surface area contributed by atoms with Gasteiger partial charge in [0.05, 0.1) is 11.4 Å². The molecule has 0 heterocycles. The van der Waals surface area contributed by atoms with Crippen molar-refractivity contribution in [2.45, 2.75) is 0 Å². The molecule has 0 amide bonds. The summed E-state index contributed by atoms with van der Waals surface area (Å²) in [7, 11) is 0. The van der Waals surface area contributed by atoms with Crippen molar-refractivity contribution in [2.75, 3.05) is 4.90 Å². The molecule has 9 aromatic rings. The predicted molar refractivity (Wildman–Crippen MR) is 226 cm³/mol. The van der Waals surface area contributed by atoms with Crippen LogP contribution in [0.1, 0.15) is 0 Å². The van der Waals surface area contributed by atoms with Crippen LogP contribution in [0.4, 0.5) is 17.1 Å². The summed E-state index contributed by atoms with van der Waals surface area (Å²) in [6.45, 7) is 0. The summed E-state index contributed by atoms with van der Waals surface area (Å²) in [5, 5.41) is 2.41. The van der Waals surface area contributed by atoms with Crippen molar-refractivity contribution in [3.8, 4) is 55.6 Å². The van der Waals surface area contributed by atoms with Crippen LogP contribution in [-0.4, -0.2) is 0 Å². The van der Waals surface area contributed by atoms with Crippen LogP contribution in [0.15, 0.2) is 224 Å². The molecule has 0 radical (unpaired) electrons. The first kappa shape index (κ1) is 32.0. The molecule has 0 N–H and O–H groups in total. The maximum atomic E-state index is 2.43. The molecule has 0 aliphatic rings. The van der Waals surface area contributed by atoms with Gasteiger partial charge >= 0.3 is 0 Å². The van der Waals surface area contributed by atoms with Crippen LogP contribution in [0.3, 0.4) is 0 Å². The summed E-state index contributed by atoms with van der Waals surface area (Å²) < 4.78 is 0. The molecule has 0 aromatic heterocycles. The first-order valence-corrected chi connectivity index (χ1v) is 18.2. The Morgan fingerprint density at radius 3 is 1.42 bits per heavy atom. The first-order valence-electron chi connectivity index (χ1n) is 18.2. The monoisotopic (exact) mass is 675 g/mol. The van der Waals surface area contributed by atoms with Crippen molar-refractivity contribution in [1.29, 1.82) is 0 Å². The van der Waals surface area contributed by atoms with Crippen LogP contribution in [0.25, 0.3) is 66.4 Å². The van der Waals surface area contributed by atoms with Gasteiger partial charge in [-0.25, -0.2) is 0 Å². The van der Waals surface area contributed by atoms with E-state index in [2.05, 4.69) is 229 Å². The Morgan fingerprint density at radius 2 is 0.717 bits per heavy atom. The van der Waals surface area contributed by atoms with E-state index in [1.165, 1.54) is 60.8 Å². The van der Waals surface area contributed by atoms with Crippen LogP contribution in [0.2, 0.25) is 0 Å². The number of anilines is 3. The molecule has 1 heteroatoms. The van der Waals surface area contributed by atoms with Crippen LogP contribution >= 0.6 is 0 Å². The highest BCUT2D eigenvalue weighted by atomic mass is 15.1. The lowest BCUT2D eigenvalue weighted by Crippen LogP contribution is -2.12. The standard InChI is InChI=1S/C52H37N/c1-4-17-38(18-5-1)40-31-34-44(35-32-40)53(51-30-16-24-42-23-10-11-25-46(42)51)52-29-15-14-28-49(52)47-26-12-13-27-48(47)50-37-43(39-19-6-2-7-20-39)33-36-45(50)41-21-8-3-9-22-41/h1-37H. The van der Waals surface area contributed by atoms with Crippen LogP contribution in [0, 0.1) is 0 Å². The van der Waals surface area contributed by atoms with Gasteiger partial charge in [-0.05, 0) is 85.8 Å². The van der Waals surface area contributed by atoms with Crippen molar-refractivity contribution < 1.29 is 0 Å². The summed E-state index contributed by atoms with van der Waals surface area (Å²) in [5.74, 6) is 0. The van der Waals surface area contributed by atoms with Gasteiger partial charge in [-0.1, -0.05) is 194 Å². The molecule has 1 nitrogen and oxygen atoms in total. The molecule has 0 aliphatic carbocycles. The van der Waals surface area contributed by atoms with E-state index in [0.717, 1.165) is 22.6 Å². The van der Waals surface area contributed by atoms with Crippen molar-refractivity contribution in [1.82, 2.24) is 0 Å². The maximum absolute atomic E-state index is 2.43. The molecule has 9 aromatic carbocycles. The van der Waals surface area contributed by atoms with E-state index < -0.39 is 0 Å². The predicted octanol–water partition coefficient (Wildman–Crippen LogP) is 14.6. The zero-order valence-electron chi connectivity index (χ0n) is 29.3. The van der Waals surface area contributed by atoms with Crippen molar-refractivity contribution in [3.63, 3.8) is 0 Å². The quantitative estimate of drug-likeness (QED) is 0.155. The summed E-state index contributed by atoms with van der Waals surface area (Å²) in [5.41, 5.74) is 15.3. The minimum absolute atomic E-state index is 1.10. The number of fused-ring (bicyclic) bond motifs is 1. The molecule has 0 aliphatic heterocycles. The first-order chi connectivity index (χ1) is 26.3. The molecule has 0 spiro atoms. The fourth-order valence-electron chi connectivity index (χ4n) is 7.54. The Bertz CT molecular complexity index is 2640. The van der Waals surface area contributed by atoms with Gasteiger partial charge in [-0.15, -0.1) is 0 Å². The lowest BCUT2D eigenvalue weighted by molar-refractivity contribution is 1.30. The summed E-state index contributed by atoms with van der Waals surface area (Å²) in [6, 6.07) is 80.9. The molecular weight excluding hydrogens is 639 g/mol. The Hall–Kier alpha value is -6.96. The second kappa shape index (κ2) is 14.3. The van der Waals surface area contributed by atoms with Gasteiger partial charge in [0, 0.05) is 16.6 Å². The number of rotatable bonds is 8. The van der Waals surface area contributed by atoms with E-state index in [-0.39, 0.29) is 0 Å². The van der Waals surface area contributed by atoms with Crippen molar-refractivity contribution in [3.05, 3.63) is 224 Å². The third kappa shape index (κ3) is 6.30. The SMILES string of the molecule is c1ccc(-c2ccc(N(c3ccccc3-c3ccccc3-c3cc(-c4ccccc4)ccc3-c3ccccc3)c3cccc4ccccc34)cc2)cc1. The van der Waals surface area contributed by atoms with E-state index in [4.69, 9.17) is 0 Å². The van der Waals surface area contributed by atoms with Crippen molar-refractivity contribution >= 4 is 27.8 Å². The van der Waals surface area contributed by atoms with Gasteiger partial charge in [0.25, 0.3) is 0 Å². The maximum Gasteiger partial charge on any atom is 0.0540 e. The normalized spacial score (nSPS) is 11.0. The summed E-state index contributed by atoms with van der Waals surface area (Å²) in [4.78, 5) is 2.43. The number of hydrogen-bond donors (Lipinski definition) is 0. The van der Waals surface area contributed by atoms with Gasteiger partial charge in [-0.2, -0.15) is 0 Å². The molecule has 250 valence electrons. The van der Waals surface area contributed by atoms with E-state index in [9.17, 15) is 0 Å². The van der Waals surface area contributed by atoms with Crippen LogP contribution < -0.4 is 4.90 Å². The van der Waals surface area contributed by atoms with Gasteiger partial charge in [0.1, 0.15) is 0 Å². The molecule has 9 rings (SSSR count). The summed E-state index contributed by atoms with van der Waals surface area (Å²) >= 11 is 0. The molecule has 53 heavy (non-hydrogen) atoms. The van der Waals surface area contributed by atoms with Crippen LogP contribution in [-0.2, 0) is 0 Å². The molecule has 0 bridgehead atoms. The Balaban J connectivity index is 1.26. The average molecular weight is 676 g/mol.